The van der Waals surface area contributed by atoms with Crippen molar-refractivity contribution in [3.05, 3.63) is 35.9 Å². The summed E-state index contributed by atoms with van der Waals surface area (Å²) in [5.41, 5.74) is 0.684. The van der Waals surface area contributed by atoms with Crippen molar-refractivity contribution in [2.24, 2.45) is 0 Å². The zero-order valence-electron chi connectivity index (χ0n) is 13.1. The minimum atomic E-state index is -0.782. The lowest BCUT2D eigenvalue weighted by molar-refractivity contribution is -0.130. The molecule has 124 valence electrons. The van der Waals surface area contributed by atoms with Crippen LogP contribution in [0.3, 0.4) is 0 Å². The van der Waals surface area contributed by atoms with E-state index in [0.717, 1.165) is 19.4 Å². The van der Waals surface area contributed by atoms with E-state index in [1.165, 1.54) is 7.05 Å². The van der Waals surface area contributed by atoms with Gasteiger partial charge in [0, 0.05) is 7.05 Å². The summed E-state index contributed by atoms with van der Waals surface area (Å²) in [5.74, 6) is -0.906. The van der Waals surface area contributed by atoms with Crippen molar-refractivity contribution in [3.8, 4) is 0 Å². The Balaban J connectivity index is 1.90. The molecule has 7 nitrogen and oxygen atoms in total. The maximum absolute atomic E-state index is 12.0. The molecule has 1 aromatic rings. The van der Waals surface area contributed by atoms with Crippen LogP contribution in [0.4, 0.5) is 0 Å². The van der Waals surface area contributed by atoms with E-state index in [-0.39, 0.29) is 24.4 Å². The predicted molar refractivity (Wildman–Crippen MR) is 85.4 cm³/mol. The van der Waals surface area contributed by atoms with E-state index in [1.54, 1.807) is 24.3 Å². The number of rotatable bonds is 6. The van der Waals surface area contributed by atoms with Crippen LogP contribution in [0.1, 0.15) is 24.4 Å². The highest BCUT2D eigenvalue weighted by molar-refractivity contribution is 5.91. The molecule has 1 aliphatic rings. The van der Waals surface area contributed by atoms with E-state index >= 15 is 0 Å². The van der Waals surface area contributed by atoms with Crippen molar-refractivity contribution in [1.82, 2.24) is 21.3 Å². The highest BCUT2D eigenvalue weighted by Crippen LogP contribution is 2.12. The first-order valence-electron chi connectivity index (χ1n) is 7.69. The monoisotopic (exact) mass is 318 g/mol. The van der Waals surface area contributed by atoms with Gasteiger partial charge in [0.2, 0.25) is 17.7 Å². The van der Waals surface area contributed by atoms with Gasteiger partial charge in [-0.1, -0.05) is 30.3 Å². The van der Waals surface area contributed by atoms with Gasteiger partial charge in [-0.15, -0.1) is 0 Å². The fourth-order valence-corrected chi connectivity index (χ4v) is 2.50. The van der Waals surface area contributed by atoms with Gasteiger partial charge in [0.25, 0.3) is 0 Å². The molecule has 2 unspecified atom stereocenters. The molecule has 1 aliphatic heterocycles. The molecule has 0 aromatic heterocycles. The average molecular weight is 318 g/mol. The number of likely N-dealkylation sites (N-methyl/N-ethyl adjacent to an activating group) is 1. The van der Waals surface area contributed by atoms with Crippen molar-refractivity contribution in [2.75, 3.05) is 20.1 Å². The van der Waals surface area contributed by atoms with E-state index in [0.29, 0.717) is 5.56 Å². The molecule has 3 amide bonds. The van der Waals surface area contributed by atoms with E-state index in [4.69, 9.17) is 0 Å². The standard InChI is InChI=1S/C16H22N4O3/c1-17-16(23)14(11-6-3-2-4-7-11)20-13(21)10-19-15(22)12-8-5-9-18-12/h2-4,6-7,12,14,18H,5,8-10H2,1H3,(H,17,23)(H,19,22)(H,20,21). The van der Waals surface area contributed by atoms with Gasteiger partial charge in [0.15, 0.2) is 0 Å². The number of hydrogen-bond donors (Lipinski definition) is 4. The van der Waals surface area contributed by atoms with Crippen LogP contribution >= 0.6 is 0 Å². The number of carbonyl (C=O) groups is 3. The Kier molecular flexibility index (Phi) is 6.10. The Morgan fingerprint density at radius 3 is 2.61 bits per heavy atom. The molecule has 2 atom stereocenters. The largest absolute Gasteiger partial charge is 0.357 e. The second-order valence-electron chi connectivity index (χ2n) is 5.39. The van der Waals surface area contributed by atoms with Gasteiger partial charge >= 0.3 is 0 Å². The lowest BCUT2D eigenvalue weighted by atomic mass is 10.1. The Labute approximate surface area is 135 Å². The highest BCUT2D eigenvalue weighted by atomic mass is 16.2. The average Bonchev–Trinajstić information content (AvgIpc) is 3.12. The fraction of sp³-hybridized carbons (Fsp3) is 0.438. The van der Waals surface area contributed by atoms with Crippen LogP contribution in [-0.4, -0.2) is 43.9 Å². The van der Waals surface area contributed by atoms with E-state index in [1.807, 2.05) is 6.07 Å². The van der Waals surface area contributed by atoms with Crippen LogP contribution in [0.2, 0.25) is 0 Å². The first-order valence-corrected chi connectivity index (χ1v) is 7.69. The summed E-state index contributed by atoms with van der Waals surface area (Å²) >= 11 is 0. The molecule has 1 heterocycles. The molecule has 0 bridgehead atoms. The molecule has 1 fully saturated rings. The molecule has 1 saturated heterocycles. The summed E-state index contributed by atoms with van der Waals surface area (Å²) in [4.78, 5) is 35.9. The van der Waals surface area contributed by atoms with Gasteiger partial charge in [-0.25, -0.2) is 0 Å². The molecule has 1 aromatic carbocycles. The quantitative estimate of drug-likeness (QED) is 0.566. The molecule has 0 saturated carbocycles. The van der Waals surface area contributed by atoms with Gasteiger partial charge in [-0.2, -0.15) is 0 Å². The predicted octanol–water partition coefficient (Wildman–Crippen LogP) is -0.542. The van der Waals surface area contributed by atoms with Gasteiger partial charge in [-0.05, 0) is 24.9 Å². The Morgan fingerprint density at radius 1 is 1.26 bits per heavy atom. The maximum atomic E-state index is 12.0. The van der Waals surface area contributed by atoms with Crippen molar-refractivity contribution in [3.63, 3.8) is 0 Å². The summed E-state index contributed by atoms with van der Waals surface area (Å²) in [7, 11) is 1.51. The number of nitrogens with one attached hydrogen (secondary N) is 4. The topological polar surface area (TPSA) is 99.3 Å². The lowest BCUT2D eigenvalue weighted by Gasteiger charge is -2.18. The molecular formula is C16H22N4O3. The number of carbonyl (C=O) groups excluding carboxylic acids is 3. The summed E-state index contributed by atoms with van der Waals surface area (Å²) < 4.78 is 0. The molecule has 2 rings (SSSR count). The number of hydrogen-bond acceptors (Lipinski definition) is 4. The molecule has 0 aliphatic carbocycles. The zero-order chi connectivity index (χ0) is 16.7. The van der Waals surface area contributed by atoms with Crippen molar-refractivity contribution in [1.29, 1.82) is 0 Å². The first kappa shape index (κ1) is 17.0. The van der Waals surface area contributed by atoms with Crippen LogP contribution in [0.25, 0.3) is 0 Å². The summed E-state index contributed by atoms with van der Waals surface area (Å²) in [6.45, 7) is 0.661. The first-order chi connectivity index (χ1) is 11.1. The van der Waals surface area contributed by atoms with Crippen LogP contribution in [0, 0.1) is 0 Å². The van der Waals surface area contributed by atoms with E-state index in [9.17, 15) is 14.4 Å². The summed E-state index contributed by atoms with van der Waals surface area (Å²) in [5, 5.41) is 10.8. The summed E-state index contributed by atoms with van der Waals surface area (Å²) in [6, 6.07) is 7.95. The molecule has 23 heavy (non-hydrogen) atoms. The smallest absolute Gasteiger partial charge is 0.246 e. The van der Waals surface area contributed by atoms with Crippen LogP contribution in [0.5, 0.6) is 0 Å². The third kappa shape index (κ3) is 4.79. The molecule has 0 radical (unpaired) electrons. The zero-order valence-corrected chi connectivity index (χ0v) is 13.1. The second-order valence-corrected chi connectivity index (χ2v) is 5.39. The molecule has 4 N–H and O–H groups in total. The number of benzene rings is 1. The lowest BCUT2D eigenvalue weighted by Crippen LogP contribution is -2.47. The number of amides is 3. The Hall–Kier alpha value is -2.41. The third-order valence-corrected chi connectivity index (χ3v) is 3.75. The van der Waals surface area contributed by atoms with Gasteiger partial charge < -0.3 is 21.3 Å². The van der Waals surface area contributed by atoms with E-state index in [2.05, 4.69) is 21.3 Å². The second kappa shape index (κ2) is 8.28. The normalized spacial score (nSPS) is 18.0. The maximum Gasteiger partial charge on any atom is 0.246 e. The summed E-state index contributed by atoms with van der Waals surface area (Å²) in [6.07, 6.45) is 1.73. The van der Waals surface area contributed by atoms with Gasteiger partial charge in [0.1, 0.15) is 6.04 Å². The minimum absolute atomic E-state index is 0.155. The third-order valence-electron chi connectivity index (χ3n) is 3.75. The molecule has 0 spiro atoms. The van der Waals surface area contributed by atoms with Crippen molar-refractivity contribution in [2.45, 2.75) is 24.9 Å². The molecule has 7 heteroatoms. The van der Waals surface area contributed by atoms with Crippen LogP contribution < -0.4 is 21.3 Å². The Bertz CT molecular complexity index is 556. The van der Waals surface area contributed by atoms with Gasteiger partial charge in [-0.3, -0.25) is 14.4 Å². The van der Waals surface area contributed by atoms with Crippen LogP contribution in [-0.2, 0) is 14.4 Å². The van der Waals surface area contributed by atoms with Crippen molar-refractivity contribution >= 4 is 17.7 Å². The fourth-order valence-electron chi connectivity index (χ4n) is 2.50. The van der Waals surface area contributed by atoms with Crippen molar-refractivity contribution < 1.29 is 14.4 Å². The van der Waals surface area contributed by atoms with Crippen LogP contribution in [0.15, 0.2) is 30.3 Å². The van der Waals surface area contributed by atoms with Gasteiger partial charge in [0.05, 0.1) is 12.6 Å². The van der Waals surface area contributed by atoms with E-state index < -0.39 is 11.9 Å². The minimum Gasteiger partial charge on any atom is -0.357 e. The SMILES string of the molecule is CNC(=O)C(NC(=O)CNC(=O)C1CCCN1)c1ccccc1. The highest BCUT2D eigenvalue weighted by Gasteiger charge is 2.24. The molecular weight excluding hydrogens is 296 g/mol. The Morgan fingerprint density at radius 2 is 2.00 bits per heavy atom.